The van der Waals surface area contributed by atoms with Gasteiger partial charge in [0.25, 0.3) is 0 Å². The summed E-state index contributed by atoms with van der Waals surface area (Å²) in [6.45, 7) is 15.9. The SMILES string of the molecule is C=C(C)/C=C\C(=C)C1=CC=C(C(=O)CC)CC1.CCC. The van der Waals surface area contributed by atoms with Gasteiger partial charge in [0.05, 0.1) is 0 Å². The van der Waals surface area contributed by atoms with Gasteiger partial charge in [0.2, 0.25) is 0 Å². The van der Waals surface area contributed by atoms with Crippen LogP contribution in [0.2, 0.25) is 0 Å². The van der Waals surface area contributed by atoms with Gasteiger partial charge in [-0.25, -0.2) is 0 Å². The number of Topliss-reactive ketones (excluding diaryl/α,β-unsaturated/α-hetero) is 1. The zero-order chi connectivity index (χ0) is 15.5. The van der Waals surface area contributed by atoms with Crippen molar-refractivity contribution in [2.24, 2.45) is 0 Å². The maximum absolute atomic E-state index is 11.5. The molecule has 0 bridgehead atoms. The predicted molar refractivity (Wildman–Crippen MR) is 89.8 cm³/mol. The molecule has 110 valence electrons. The summed E-state index contributed by atoms with van der Waals surface area (Å²) in [6, 6.07) is 0. The highest BCUT2D eigenvalue weighted by atomic mass is 16.1. The second kappa shape index (κ2) is 10.2. The fraction of sp³-hybridized carbons (Fsp3) is 0.421. The summed E-state index contributed by atoms with van der Waals surface area (Å²) < 4.78 is 0. The summed E-state index contributed by atoms with van der Waals surface area (Å²) in [5, 5.41) is 0. The predicted octanol–water partition coefficient (Wildman–Crippen LogP) is 5.72. The second-order valence-electron chi connectivity index (χ2n) is 5.07. The summed E-state index contributed by atoms with van der Waals surface area (Å²) in [4.78, 5) is 11.5. The molecule has 0 aromatic rings. The third kappa shape index (κ3) is 7.08. The van der Waals surface area contributed by atoms with Gasteiger partial charge in [-0.3, -0.25) is 4.79 Å². The first kappa shape index (κ1) is 18.4. The van der Waals surface area contributed by atoms with Crippen molar-refractivity contribution in [2.75, 3.05) is 0 Å². The van der Waals surface area contributed by atoms with E-state index in [-0.39, 0.29) is 5.78 Å². The molecular formula is C19H28O. The lowest BCUT2D eigenvalue weighted by atomic mass is 9.91. The molecule has 0 spiro atoms. The van der Waals surface area contributed by atoms with Crippen LogP contribution < -0.4 is 0 Å². The third-order valence-electron chi connectivity index (χ3n) is 2.81. The van der Waals surface area contributed by atoms with E-state index in [1.54, 1.807) is 0 Å². The molecule has 1 rings (SSSR count). The fourth-order valence-corrected chi connectivity index (χ4v) is 1.71. The topological polar surface area (TPSA) is 17.1 Å². The summed E-state index contributed by atoms with van der Waals surface area (Å²) in [5.41, 5.74) is 4.16. The normalized spacial score (nSPS) is 14.0. The van der Waals surface area contributed by atoms with Gasteiger partial charge in [0.1, 0.15) is 0 Å². The van der Waals surface area contributed by atoms with Crippen molar-refractivity contribution in [2.45, 2.75) is 53.4 Å². The minimum Gasteiger partial charge on any atom is -0.295 e. The van der Waals surface area contributed by atoms with Gasteiger partial charge in [-0.05, 0) is 36.5 Å². The Hall–Kier alpha value is -1.63. The number of allylic oxidation sites excluding steroid dienone is 8. The Bertz CT molecular complexity index is 444. The molecule has 0 unspecified atom stereocenters. The average Bonchev–Trinajstić information content (AvgIpc) is 2.45. The van der Waals surface area contributed by atoms with Gasteiger partial charge in [-0.1, -0.05) is 70.2 Å². The van der Waals surface area contributed by atoms with Gasteiger partial charge >= 0.3 is 0 Å². The summed E-state index contributed by atoms with van der Waals surface area (Å²) in [5.74, 6) is 0.253. The molecule has 1 heteroatoms. The van der Waals surface area contributed by atoms with Crippen LogP contribution in [0.15, 0.2) is 59.8 Å². The monoisotopic (exact) mass is 272 g/mol. The maximum Gasteiger partial charge on any atom is 0.158 e. The van der Waals surface area contributed by atoms with Crippen molar-refractivity contribution >= 4 is 5.78 Å². The largest absolute Gasteiger partial charge is 0.295 e. The zero-order valence-corrected chi connectivity index (χ0v) is 13.5. The Morgan fingerprint density at radius 1 is 1.10 bits per heavy atom. The Morgan fingerprint density at radius 3 is 2.00 bits per heavy atom. The molecule has 0 radical (unpaired) electrons. The van der Waals surface area contributed by atoms with Gasteiger partial charge in [0, 0.05) is 6.42 Å². The molecule has 1 aliphatic carbocycles. The molecule has 0 aromatic heterocycles. The molecule has 1 aliphatic rings. The molecule has 0 saturated heterocycles. The van der Waals surface area contributed by atoms with E-state index in [0.29, 0.717) is 6.42 Å². The van der Waals surface area contributed by atoms with Crippen molar-refractivity contribution < 1.29 is 4.79 Å². The highest BCUT2D eigenvalue weighted by Gasteiger charge is 2.12. The number of ketones is 1. The van der Waals surface area contributed by atoms with Crippen LogP contribution in [0.25, 0.3) is 0 Å². The molecule has 0 aliphatic heterocycles. The molecular weight excluding hydrogens is 244 g/mol. The zero-order valence-electron chi connectivity index (χ0n) is 13.5. The van der Waals surface area contributed by atoms with Gasteiger partial charge in [-0.2, -0.15) is 0 Å². The standard InChI is InChI=1S/C16H20O.C3H8/c1-5-16(17)15-10-8-14(9-11-15)13(4)7-6-12(2)3;1-3-2/h6-8,10H,2,4-5,9,11H2,1,3H3;3H2,1-2H3/b7-6-;. The lowest BCUT2D eigenvalue weighted by molar-refractivity contribution is -0.115. The molecule has 1 nitrogen and oxygen atoms in total. The molecule has 0 amide bonds. The minimum absolute atomic E-state index is 0.253. The van der Waals surface area contributed by atoms with Gasteiger partial charge < -0.3 is 0 Å². The van der Waals surface area contributed by atoms with Crippen molar-refractivity contribution in [3.05, 3.63) is 59.8 Å². The Kier molecular flexibility index (Phi) is 9.36. The van der Waals surface area contributed by atoms with E-state index < -0.39 is 0 Å². The van der Waals surface area contributed by atoms with E-state index in [4.69, 9.17) is 0 Å². The second-order valence-corrected chi connectivity index (χ2v) is 5.07. The molecule has 0 heterocycles. The van der Waals surface area contributed by atoms with Crippen LogP contribution in [0.1, 0.15) is 53.4 Å². The van der Waals surface area contributed by atoms with Crippen LogP contribution in [0, 0.1) is 0 Å². The number of hydrogen-bond acceptors (Lipinski definition) is 1. The van der Waals surface area contributed by atoms with Crippen molar-refractivity contribution in [3.8, 4) is 0 Å². The van der Waals surface area contributed by atoms with E-state index in [9.17, 15) is 4.79 Å². The molecule has 0 fully saturated rings. The first-order valence-electron chi connectivity index (χ1n) is 7.41. The number of rotatable bonds is 5. The fourth-order valence-electron chi connectivity index (χ4n) is 1.71. The highest BCUT2D eigenvalue weighted by Crippen LogP contribution is 2.25. The number of carbonyl (C=O) groups excluding carboxylic acids is 1. The van der Waals surface area contributed by atoms with Crippen LogP contribution in [0.5, 0.6) is 0 Å². The van der Waals surface area contributed by atoms with Gasteiger partial charge in [-0.15, -0.1) is 0 Å². The number of hydrogen-bond donors (Lipinski definition) is 0. The first-order chi connectivity index (χ1) is 9.46. The molecule has 0 saturated carbocycles. The molecule has 0 N–H and O–H groups in total. The van der Waals surface area contributed by atoms with Crippen LogP contribution in [0.3, 0.4) is 0 Å². The maximum atomic E-state index is 11.5. The van der Waals surface area contributed by atoms with Crippen LogP contribution in [-0.4, -0.2) is 5.78 Å². The van der Waals surface area contributed by atoms with E-state index in [1.807, 2.05) is 38.2 Å². The smallest absolute Gasteiger partial charge is 0.158 e. The van der Waals surface area contributed by atoms with Crippen LogP contribution in [-0.2, 0) is 4.79 Å². The van der Waals surface area contributed by atoms with Crippen molar-refractivity contribution in [1.82, 2.24) is 0 Å². The lowest BCUT2D eigenvalue weighted by Gasteiger charge is -2.13. The molecule has 0 atom stereocenters. The lowest BCUT2D eigenvalue weighted by Crippen LogP contribution is -2.04. The average molecular weight is 272 g/mol. The van der Waals surface area contributed by atoms with Gasteiger partial charge in [0.15, 0.2) is 5.78 Å². The minimum atomic E-state index is 0.253. The van der Waals surface area contributed by atoms with E-state index in [1.165, 1.54) is 12.0 Å². The third-order valence-corrected chi connectivity index (χ3v) is 2.81. The summed E-state index contributed by atoms with van der Waals surface area (Å²) >= 11 is 0. The van der Waals surface area contributed by atoms with Crippen molar-refractivity contribution in [1.29, 1.82) is 0 Å². The van der Waals surface area contributed by atoms with E-state index in [2.05, 4.69) is 27.0 Å². The number of carbonyl (C=O) groups is 1. The van der Waals surface area contributed by atoms with E-state index in [0.717, 1.165) is 29.6 Å². The first-order valence-corrected chi connectivity index (χ1v) is 7.41. The quantitative estimate of drug-likeness (QED) is 0.585. The Morgan fingerprint density at radius 2 is 1.60 bits per heavy atom. The van der Waals surface area contributed by atoms with E-state index >= 15 is 0 Å². The van der Waals surface area contributed by atoms with Crippen molar-refractivity contribution in [3.63, 3.8) is 0 Å². The van der Waals surface area contributed by atoms with Crippen LogP contribution >= 0.6 is 0 Å². The molecule has 0 aromatic carbocycles. The Balaban J connectivity index is 0.00000110. The molecule has 20 heavy (non-hydrogen) atoms. The summed E-state index contributed by atoms with van der Waals surface area (Å²) in [6.07, 6.45) is 11.5. The highest BCUT2D eigenvalue weighted by molar-refractivity contribution is 5.95. The van der Waals surface area contributed by atoms with Crippen LogP contribution in [0.4, 0.5) is 0 Å². The Labute approximate surface area is 124 Å². The summed E-state index contributed by atoms with van der Waals surface area (Å²) in [7, 11) is 0.